The molecule has 1 aliphatic rings. The molecule has 7 heteroatoms. The predicted octanol–water partition coefficient (Wildman–Crippen LogP) is 2.58. The molecule has 0 bridgehead atoms. The number of hydrogen-bond acceptors (Lipinski definition) is 5. The summed E-state index contributed by atoms with van der Waals surface area (Å²) < 4.78 is 38.2. The molecular weight excluding hydrogens is 342 g/mol. The van der Waals surface area contributed by atoms with E-state index in [4.69, 9.17) is 9.47 Å². The fraction of sp³-hybridized carbons (Fsp3) is 0.278. The van der Waals surface area contributed by atoms with Crippen molar-refractivity contribution in [2.75, 3.05) is 13.2 Å². The number of carbonyl (C=O) groups excluding carboxylic acids is 1. The number of rotatable bonds is 3. The van der Waals surface area contributed by atoms with Crippen molar-refractivity contribution in [3.05, 3.63) is 53.1 Å². The Morgan fingerprint density at radius 1 is 1.00 bits per heavy atom. The molecule has 0 aromatic heterocycles. The summed E-state index contributed by atoms with van der Waals surface area (Å²) in [6.45, 7) is 4.64. The summed E-state index contributed by atoms with van der Waals surface area (Å²) in [6.07, 6.45) is 0.722. The van der Waals surface area contributed by atoms with E-state index >= 15 is 0 Å². The van der Waals surface area contributed by atoms with Crippen LogP contribution in [0.4, 0.5) is 0 Å². The first kappa shape index (κ1) is 17.3. The van der Waals surface area contributed by atoms with E-state index < -0.39 is 15.9 Å². The van der Waals surface area contributed by atoms with Gasteiger partial charge in [0.25, 0.3) is 15.9 Å². The second kappa shape index (κ2) is 6.76. The molecule has 132 valence electrons. The highest BCUT2D eigenvalue weighted by atomic mass is 32.2. The maximum absolute atomic E-state index is 12.5. The van der Waals surface area contributed by atoms with Gasteiger partial charge in [0.1, 0.15) is 0 Å². The van der Waals surface area contributed by atoms with Crippen LogP contribution < -0.4 is 14.2 Å². The zero-order chi connectivity index (χ0) is 18.0. The van der Waals surface area contributed by atoms with Gasteiger partial charge < -0.3 is 9.47 Å². The lowest BCUT2D eigenvalue weighted by Crippen LogP contribution is -2.31. The van der Waals surface area contributed by atoms with Gasteiger partial charge in [0.15, 0.2) is 11.5 Å². The number of ether oxygens (including phenoxy) is 2. The van der Waals surface area contributed by atoms with Gasteiger partial charge >= 0.3 is 0 Å². The number of aryl methyl sites for hydroxylation is 2. The van der Waals surface area contributed by atoms with Crippen LogP contribution in [0.15, 0.2) is 41.3 Å². The molecule has 1 heterocycles. The van der Waals surface area contributed by atoms with E-state index in [9.17, 15) is 13.2 Å². The van der Waals surface area contributed by atoms with Crippen LogP contribution in [-0.2, 0) is 10.0 Å². The molecule has 0 atom stereocenters. The van der Waals surface area contributed by atoms with Crippen LogP contribution in [-0.4, -0.2) is 27.5 Å². The molecule has 2 aromatic rings. The Hall–Kier alpha value is -2.54. The number of nitrogens with one attached hydrogen (secondary N) is 1. The molecule has 25 heavy (non-hydrogen) atoms. The van der Waals surface area contributed by atoms with Crippen molar-refractivity contribution >= 4 is 15.9 Å². The molecule has 0 saturated carbocycles. The van der Waals surface area contributed by atoms with Crippen LogP contribution in [0.25, 0.3) is 0 Å². The van der Waals surface area contributed by atoms with Gasteiger partial charge in [0, 0.05) is 18.1 Å². The molecule has 0 radical (unpaired) electrons. The van der Waals surface area contributed by atoms with E-state index in [1.54, 1.807) is 19.1 Å². The number of carbonyl (C=O) groups is 1. The Morgan fingerprint density at radius 3 is 2.44 bits per heavy atom. The summed E-state index contributed by atoms with van der Waals surface area (Å²) in [5, 5.41) is 0. The van der Waals surface area contributed by atoms with E-state index in [0.29, 0.717) is 35.8 Å². The van der Waals surface area contributed by atoms with Crippen molar-refractivity contribution in [2.24, 2.45) is 0 Å². The molecular formula is C18H19NO5S. The fourth-order valence-corrected chi connectivity index (χ4v) is 3.60. The highest BCUT2D eigenvalue weighted by molar-refractivity contribution is 7.90. The SMILES string of the molecule is Cc1ccc(C(=O)NS(=O)(=O)c2ccc3c(c2)OCCCO3)c(C)c1. The van der Waals surface area contributed by atoms with E-state index in [1.165, 1.54) is 18.2 Å². The number of hydrogen-bond donors (Lipinski definition) is 1. The maximum Gasteiger partial charge on any atom is 0.265 e. The van der Waals surface area contributed by atoms with Crippen LogP contribution in [0, 0.1) is 13.8 Å². The van der Waals surface area contributed by atoms with Crippen molar-refractivity contribution in [1.29, 1.82) is 0 Å². The summed E-state index contributed by atoms with van der Waals surface area (Å²) >= 11 is 0. The molecule has 0 unspecified atom stereocenters. The van der Waals surface area contributed by atoms with Crippen LogP contribution in [0.5, 0.6) is 11.5 Å². The van der Waals surface area contributed by atoms with Gasteiger partial charge in [-0.2, -0.15) is 0 Å². The minimum absolute atomic E-state index is 0.0464. The van der Waals surface area contributed by atoms with Crippen LogP contribution in [0.1, 0.15) is 27.9 Å². The molecule has 2 aromatic carbocycles. The molecule has 1 N–H and O–H groups in total. The molecule has 1 amide bonds. The number of fused-ring (bicyclic) bond motifs is 1. The van der Waals surface area contributed by atoms with Gasteiger partial charge in [0.05, 0.1) is 18.1 Å². The summed E-state index contributed by atoms with van der Waals surface area (Å²) in [7, 11) is -4.02. The average Bonchev–Trinajstić information content (AvgIpc) is 2.78. The zero-order valence-electron chi connectivity index (χ0n) is 14.0. The summed E-state index contributed by atoms with van der Waals surface area (Å²) in [6, 6.07) is 9.51. The van der Waals surface area contributed by atoms with Gasteiger partial charge in [-0.1, -0.05) is 17.7 Å². The van der Waals surface area contributed by atoms with E-state index in [2.05, 4.69) is 4.72 Å². The third kappa shape index (κ3) is 3.76. The topological polar surface area (TPSA) is 81.7 Å². The minimum atomic E-state index is -4.02. The Labute approximate surface area is 146 Å². The zero-order valence-corrected chi connectivity index (χ0v) is 14.9. The lowest BCUT2D eigenvalue weighted by atomic mass is 10.1. The molecule has 0 saturated heterocycles. The Bertz CT molecular complexity index is 921. The van der Waals surface area contributed by atoms with Crippen molar-refractivity contribution in [3.8, 4) is 11.5 Å². The van der Waals surface area contributed by atoms with Gasteiger partial charge in [-0.15, -0.1) is 0 Å². The van der Waals surface area contributed by atoms with Crippen LogP contribution in [0.2, 0.25) is 0 Å². The normalized spacial score (nSPS) is 13.8. The second-order valence-corrected chi connectivity index (χ2v) is 7.59. The Kier molecular flexibility index (Phi) is 4.67. The molecule has 1 aliphatic heterocycles. The molecule has 6 nitrogen and oxygen atoms in total. The molecule has 0 spiro atoms. The second-order valence-electron chi connectivity index (χ2n) is 5.91. The molecule has 0 fully saturated rings. The summed E-state index contributed by atoms with van der Waals surface area (Å²) in [5.41, 5.74) is 2.04. The Balaban J connectivity index is 1.86. The summed E-state index contributed by atoms with van der Waals surface area (Å²) in [4.78, 5) is 12.3. The highest BCUT2D eigenvalue weighted by Gasteiger charge is 2.22. The maximum atomic E-state index is 12.5. The van der Waals surface area contributed by atoms with Gasteiger partial charge in [0.2, 0.25) is 0 Å². The third-order valence-electron chi connectivity index (χ3n) is 3.88. The van der Waals surface area contributed by atoms with Crippen molar-refractivity contribution < 1.29 is 22.7 Å². The first-order valence-electron chi connectivity index (χ1n) is 7.91. The van der Waals surface area contributed by atoms with E-state index in [0.717, 1.165) is 12.0 Å². The molecule has 0 aliphatic carbocycles. The smallest absolute Gasteiger partial charge is 0.265 e. The van der Waals surface area contributed by atoms with Gasteiger partial charge in [-0.3, -0.25) is 4.79 Å². The minimum Gasteiger partial charge on any atom is -0.490 e. The van der Waals surface area contributed by atoms with Crippen molar-refractivity contribution in [2.45, 2.75) is 25.2 Å². The largest absolute Gasteiger partial charge is 0.490 e. The Morgan fingerprint density at radius 2 is 1.72 bits per heavy atom. The van der Waals surface area contributed by atoms with E-state index in [-0.39, 0.29) is 4.90 Å². The quantitative estimate of drug-likeness (QED) is 0.909. The monoisotopic (exact) mass is 361 g/mol. The number of benzene rings is 2. The standard InChI is InChI=1S/C18H19NO5S/c1-12-4-6-15(13(2)10-12)18(20)19-25(21,22)14-5-7-16-17(11-14)24-9-3-8-23-16/h4-7,10-11H,3,8-9H2,1-2H3,(H,19,20). The van der Waals surface area contributed by atoms with Crippen molar-refractivity contribution in [1.82, 2.24) is 4.72 Å². The first-order valence-corrected chi connectivity index (χ1v) is 9.39. The highest BCUT2D eigenvalue weighted by Crippen LogP contribution is 2.31. The van der Waals surface area contributed by atoms with Crippen LogP contribution >= 0.6 is 0 Å². The number of sulfonamides is 1. The van der Waals surface area contributed by atoms with Gasteiger partial charge in [-0.25, -0.2) is 13.1 Å². The predicted molar refractivity (Wildman–Crippen MR) is 92.6 cm³/mol. The third-order valence-corrected chi connectivity index (χ3v) is 5.21. The van der Waals surface area contributed by atoms with E-state index in [1.807, 2.05) is 13.0 Å². The lowest BCUT2D eigenvalue weighted by Gasteiger charge is -2.12. The summed E-state index contributed by atoms with van der Waals surface area (Å²) in [5.74, 6) is 0.195. The molecule has 3 rings (SSSR count). The first-order chi connectivity index (χ1) is 11.9. The number of amides is 1. The lowest BCUT2D eigenvalue weighted by molar-refractivity contribution is 0.0981. The van der Waals surface area contributed by atoms with Crippen LogP contribution in [0.3, 0.4) is 0 Å². The fourth-order valence-electron chi connectivity index (χ4n) is 2.62. The average molecular weight is 361 g/mol. The van der Waals surface area contributed by atoms with Gasteiger partial charge in [-0.05, 0) is 37.6 Å². The van der Waals surface area contributed by atoms with Crippen molar-refractivity contribution in [3.63, 3.8) is 0 Å².